The summed E-state index contributed by atoms with van der Waals surface area (Å²) in [6.45, 7) is 8.15. The predicted octanol–water partition coefficient (Wildman–Crippen LogP) is 1.94. The second-order valence-corrected chi connectivity index (χ2v) is 6.25. The van der Waals surface area contributed by atoms with Crippen LogP contribution in [0, 0.1) is 0 Å². The molecule has 2 heterocycles. The average molecular weight is 286 g/mol. The predicted molar refractivity (Wildman–Crippen MR) is 81.8 cm³/mol. The highest BCUT2D eigenvalue weighted by atomic mass is 16.7. The maximum atomic E-state index is 6.05. The number of benzene rings is 1. The molecule has 0 radical (unpaired) electrons. The van der Waals surface area contributed by atoms with Gasteiger partial charge < -0.3 is 14.0 Å². The highest BCUT2D eigenvalue weighted by molar-refractivity contribution is 6.62. The maximum absolute atomic E-state index is 6.05. The molecule has 6 heteroatoms. The molecule has 1 fully saturated rings. The molecule has 0 atom stereocenters. The molecule has 1 aromatic heterocycles. The zero-order valence-corrected chi connectivity index (χ0v) is 13.0. The fourth-order valence-electron chi connectivity index (χ4n) is 2.24. The Bertz CT molecular complexity index is 672. The van der Waals surface area contributed by atoms with Gasteiger partial charge >= 0.3 is 7.12 Å². The number of methoxy groups -OCH3 is 1. The largest absolute Gasteiger partial charge is 0.494 e. The minimum atomic E-state index is -0.396. The molecule has 1 aromatic carbocycles. The Kier molecular flexibility index (Phi) is 3.18. The van der Waals surface area contributed by atoms with Gasteiger partial charge in [0.25, 0.3) is 0 Å². The minimum Gasteiger partial charge on any atom is -0.480 e. The molecule has 0 saturated carbocycles. The van der Waals surface area contributed by atoms with Crippen LogP contribution in [0.15, 0.2) is 24.4 Å². The topological polar surface area (TPSA) is 53.5 Å². The molecule has 1 aliphatic rings. The normalized spacial score (nSPS) is 20.0. The van der Waals surface area contributed by atoms with Gasteiger partial charge in [-0.2, -0.15) is 0 Å². The van der Waals surface area contributed by atoms with Crippen molar-refractivity contribution in [3.05, 3.63) is 24.4 Å². The lowest BCUT2D eigenvalue weighted by atomic mass is 9.79. The van der Waals surface area contributed by atoms with Gasteiger partial charge in [0.05, 0.1) is 35.5 Å². The highest BCUT2D eigenvalue weighted by Crippen LogP contribution is 2.36. The van der Waals surface area contributed by atoms with E-state index in [-0.39, 0.29) is 11.2 Å². The fraction of sp³-hybridized carbons (Fsp3) is 0.467. The smallest absolute Gasteiger partial charge is 0.480 e. The van der Waals surface area contributed by atoms with Crippen LogP contribution in [-0.4, -0.2) is 35.4 Å². The summed E-state index contributed by atoms with van der Waals surface area (Å²) >= 11 is 0. The summed E-state index contributed by atoms with van der Waals surface area (Å²) in [5.41, 5.74) is 1.81. The second-order valence-electron chi connectivity index (χ2n) is 6.25. The average Bonchev–Trinajstić information content (AvgIpc) is 2.66. The number of nitrogens with zero attached hydrogens (tertiary/aromatic N) is 2. The maximum Gasteiger partial charge on any atom is 0.494 e. The molecule has 3 rings (SSSR count). The summed E-state index contributed by atoms with van der Waals surface area (Å²) in [6.07, 6.45) is 1.61. The number of aromatic nitrogens is 2. The lowest BCUT2D eigenvalue weighted by Crippen LogP contribution is -2.41. The van der Waals surface area contributed by atoms with E-state index >= 15 is 0 Å². The van der Waals surface area contributed by atoms with E-state index in [1.165, 1.54) is 0 Å². The molecular formula is C15H19BN2O3. The van der Waals surface area contributed by atoms with Gasteiger partial charge in [0.15, 0.2) is 0 Å². The van der Waals surface area contributed by atoms with E-state index in [1.807, 2.05) is 45.9 Å². The molecule has 110 valence electrons. The van der Waals surface area contributed by atoms with Gasteiger partial charge in [-0.3, -0.25) is 0 Å². The third-order valence-corrected chi connectivity index (χ3v) is 4.28. The zero-order valence-electron chi connectivity index (χ0n) is 13.0. The van der Waals surface area contributed by atoms with Crippen LogP contribution in [0.1, 0.15) is 27.7 Å². The van der Waals surface area contributed by atoms with E-state index in [4.69, 9.17) is 14.0 Å². The van der Waals surface area contributed by atoms with Gasteiger partial charge in [-0.05, 0) is 45.3 Å². The van der Waals surface area contributed by atoms with Crippen molar-refractivity contribution < 1.29 is 14.0 Å². The van der Waals surface area contributed by atoms with Crippen LogP contribution in [0.5, 0.6) is 5.88 Å². The number of hydrogen-bond donors (Lipinski definition) is 0. The first-order valence-electron chi connectivity index (χ1n) is 6.99. The Hall–Kier alpha value is -1.66. The number of hydrogen-bond acceptors (Lipinski definition) is 5. The molecule has 1 aliphatic heterocycles. The van der Waals surface area contributed by atoms with Gasteiger partial charge in [-0.1, -0.05) is 6.07 Å². The van der Waals surface area contributed by atoms with Crippen LogP contribution < -0.4 is 10.2 Å². The van der Waals surface area contributed by atoms with E-state index < -0.39 is 7.12 Å². The Labute approximate surface area is 124 Å². The van der Waals surface area contributed by atoms with E-state index in [1.54, 1.807) is 13.3 Å². The number of fused-ring (bicyclic) bond motifs is 1. The van der Waals surface area contributed by atoms with Crippen molar-refractivity contribution in [1.82, 2.24) is 9.97 Å². The van der Waals surface area contributed by atoms with Crippen molar-refractivity contribution in [2.75, 3.05) is 7.11 Å². The number of ether oxygens (including phenoxy) is 1. The molecule has 0 N–H and O–H groups in total. The van der Waals surface area contributed by atoms with Crippen LogP contribution in [0.25, 0.3) is 11.0 Å². The van der Waals surface area contributed by atoms with E-state index in [0.29, 0.717) is 5.88 Å². The Balaban J connectivity index is 1.98. The first-order chi connectivity index (χ1) is 9.82. The Morgan fingerprint density at radius 2 is 1.71 bits per heavy atom. The first-order valence-corrected chi connectivity index (χ1v) is 6.99. The lowest BCUT2D eigenvalue weighted by Gasteiger charge is -2.32. The molecule has 2 aromatic rings. The van der Waals surface area contributed by atoms with E-state index in [0.717, 1.165) is 16.5 Å². The van der Waals surface area contributed by atoms with E-state index in [2.05, 4.69) is 9.97 Å². The van der Waals surface area contributed by atoms with Gasteiger partial charge in [0.1, 0.15) is 0 Å². The van der Waals surface area contributed by atoms with Gasteiger partial charge in [0, 0.05) is 0 Å². The summed E-state index contributed by atoms with van der Waals surface area (Å²) in [6, 6.07) is 5.82. The van der Waals surface area contributed by atoms with E-state index in [9.17, 15) is 0 Å². The summed E-state index contributed by atoms with van der Waals surface area (Å²) in [5, 5.41) is 0. The zero-order chi connectivity index (χ0) is 15.3. The van der Waals surface area contributed by atoms with Crippen LogP contribution >= 0.6 is 0 Å². The van der Waals surface area contributed by atoms with Gasteiger partial charge in [-0.15, -0.1) is 0 Å². The standard InChI is InChI=1S/C15H19BN2O3/c1-14(2)15(3,4)21-16(20-14)10-6-7-11-12(8-10)18-13(19-5)9-17-11/h6-9H,1-5H3. The summed E-state index contributed by atoms with van der Waals surface area (Å²) in [5.74, 6) is 0.494. The molecule has 0 amide bonds. The van der Waals surface area contributed by atoms with Crippen LogP contribution in [0.2, 0.25) is 0 Å². The molecular weight excluding hydrogens is 267 g/mol. The van der Waals surface area contributed by atoms with Crippen LogP contribution in [0.4, 0.5) is 0 Å². The first kappa shape index (κ1) is 14.3. The van der Waals surface area contributed by atoms with Crippen molar-refractivity contribution in [2.24, 2.45) is 0 Å². The Morgan fingerprint density at radius 3 is 2.33 bits per heavy atom. The van der Waals surface area contributed by atoms with Crippen LogP contribution in [0.3, 0.4) is 0 Å². The Morgan fingerprint density at radius 1 is 1.05 bits per heavy atom. The van der Waals surface area contributed by atoms with Crippen molar-refractivity contribution >= 4 is 23.6 Å². The van der Waals surface area contributed by atoms with Gasteiger partial charge in [-0.25, -0.2) is 9.97 Å². The molecule has 5 nitrogen and oxygen atoms in total. The molecule has 21 heavy (non-hydrogen) atoms. The molecule has 0 unspecified atom stereocenters. The van der Waals surface area contributed by atoms with Crippen molar-refractivity contribution in [3.63, 3.8) is 0 Å². The second kappa shape index (κ2) is 4.68. The molecule has 1 saturated heterocycles. The summed E-state index contributed by atoms with van der Waals surface area (Å²) in [4.78, 5) is 8.71. The third kappa shape index (κ3) is 2.38. The van der Waals surface area contributed by atoms with Gasteiger partial charge in [0.2, 0.25) is 5.88 Å². The fourth-order valence-corrected chi connectivity index (χ4v) is 2.24. The monoisotopic (exact) mass is 286 g/mol. The van der Waals surface area contributed by atoms with Crippen molar-refractivity contribution in [3.8, 4) is 5.88 Å². The lowest BCUT2D eigenvalue weighted by molar-refractivity contribution is 0.00578. The highest BCUT2D eigenvalue weighted by Gasteiger charge is 2.51. The third-order valence-electron chi connectivity index (χ3n) is 4.28. The minimum absolute atomic E-state index is 0.354. The molecule has 0 bridgehead atoms. The number of rotatable bonds is 2. The summed E-state index contributed by atoms with van der Waals surface area (Å²) < 4.78 is 17.2. The van der Waals surface area contributed by atoms with Crippen LogP contribution in [-0.2, 0) is 9.31 Å². The SMILES string of the molecule is COc1cnc2ccc(B3OC(C)(C)C(C)(C)O3)cc2n1. The molecule has 0 aliphatic carbocycles. The summed E-state index contributed by atoms with van der Waals surface area (Å²) in [7, 11) is 1.18. The van der Waals surface area contributed by atoms with Crippen molar-refractivity contribution in [1.29, 1.82) is 0 Å². The molecule has 0 spiro atoms. The van der Waals surface area contributed by atoms with Crippen molar-refractivity contribution in [2.45, 2.75) is 38.9 Å². The quantitative estimate of drug-likeness (QED) is 0.790.